The Kier molecular flexibility index (Phi) is 6.61. The summed E-state index contributed by atoms with van der Waals surface area (Å²) in [5, 5.41) is 0. The fourth-order valence-electron chi connectivity index (χ4n) is 3.87. The highest BCUT2D eigenvalue weighted by atomic mass is 16.5. The van der Waals surface area contributed by atoms with E-state index in [2.05, 4.69) is 9.97 Å². The van der Waals surface area contributed by atoms with Gasteiger partial charge in [0, 0.05) is 25.2 Å². The summed E-state index contributed by atoms with van der Waals surface area (Å²) in [4.78, 5) is 37.0. The Morgan fingerprint density at radius 1 is 1.12 bits per heavy atom. The Morgan fingerprint density at radius 2 is 1.88 bits per heavy atom. The van der Waals surface area contributed by atoms with E-state index in [9.17, 15) is 9.59 Å². The minimum Gasteiger partial charge on any atom is -0.384 e. The number of aryl methyl sites for hydroxylation is 2. The maximum atomic E-state index is 13.4. The number of anilines is 2. The van der Waals surface area contributed by atoms with Crippen molar-refractivity contribution in [2.75, 3.05) is 36.9 Å². The normalized spacial score (nSPS) is 13.8. The van der Waals surface area contributed by atoms with Crippen molar-refractivity contribution in [1.82, 2.24) is 14.5 Å². The first-order valence-corrected chi connectivity index (χ1v) is 10.7. The molecule has 3 aromatic rings. The van der Waals surface area contributed by atoms with Gasteiger partial charge in [-0.1, -0.05) is 36.4 Å². The number of hydrogen-bond donors (Lipinski definition) is 1. The van der Waals surface area contributed by atoms with Crippen molar-refractivity contribution in [2.24, 2.45) is 0 Å². The van der Waals surface area contributed by atoms with Crippen LogP contribution < -0.4 is 16.2 Å². The van der Waals surface area contributed by atoms with E-state index in [4.69, 9.17) is 10.5 Å². The zero-order chi connectivity index (χ0) is 22.5. The molecule has 1 aliphatic rings. The topological polar surface area (TPSA) is 103 Å². The van der Waals surface area contributed by atoms with Crippen LogP contribution in [-0.4, -0.2) is 46.6 Å². The summed E-state index contributed by atoms with van der Waals surface area (Å²) in [5.74, 6) is 0.794. The van der Waals surface area contributed by atoms with Gasteiger partial charge in [-0.25, -0.2) is 9.97 Å². The largest absolute Gasteiger partial charge is 0.384 e. The zero-order valence-corrected chi connectivity index (χ0v) is 18.2. The first-order valence-electron chi connectivity index (χ1n) is 10.7. The third-order valence-electron chi connectivity index (χ3n) is 5.64. The van der Waals surface area contributed by atoms with Crippen LogP contribution in [0, 0.1) is 6.92 Å². The number of carbonyl (C=O) groups excluding carboxylic acids is 1. The van der Waals surface area contributed by atoms with Crippen LogP contribution in [0.3, 0.4) is 0 Å². The molecular formula is C24H27N5O3. The highest BCUT2D eigenvalue weighted by molar-refractivity contribution is 5.79. The lowest BCUT2D eigenvalue weighted by molar-refractivity contribution is -0.119. The summed E-state index contributed by atoms with van der Waals surface area (Å²) in [6, 6.07) is 13.2. The molecule has 0 bridgehead atoms. The van der Waals surface area contributed by atoms with Crippen molar-refractivity contribution >= 4 is 17.4 Å². The number of Topliss-reactive ketones (excluding diaryl/α,β-unsaturated/α-hetero) is 1. The molecule has 0 saturated carbocycles. The first-order chi connectivity index (χ1) is 15.5. The molecule has 1 aliphatic heterocycles. The number of carbonyl (C=O) groups is 1. The smallest absolute Gasteiger partial charge is 0.294 e. The number of ether oxygens (including phenoxy) is 1. The SMILES string of the molecule is Cc1nc(N)ccc1CCC(=O)Cn1c(-c2ccccc2)cnc(N2CCOCC2)c1=O. The number of benzene rings is 1. The average molecular weight is 434 g/mol. The Morgan fingerprint density at radius 3 is 2.59 bits per heavy atom. The summed E-state index contributed by atoms with van der Waals surface area (Å²) in [5.41, 5.74) is 8.73. The zero-order valence-electron chi connectivity index (χ0n) is 18.2. The summed E-state index contributed by atoms with van der Waals surface area (Å²) in [6.45, 7) is 4.18. The van der Waals surface area contributed by atoms with Gasteiger partial charge in [-0.15, -0.1) is 0 Å². The average Bonchev–Trinajstić information content (AvgIpc) is 2.81. The van der Waals surface area contributed by atoms with E-state index < -0.39 is 0 Å². The molecule has 2 N–H and O–H groups in total. The highest BCUT2D eigenvalue weighted by Crippen LogP contribution is 2.19. The number of nitrogen functional groups attached to an aromatic ring is 1. The lowest BCUT2D eigenvalue weighted by Gasteiger charge is -2.28. The summed E-state index contributed by atoms with van der Waals surface area (Å²) in [7, 11) is 0. The van der Waals surface area contributed by atoms with Gasteiger partial charge in [0.25, 0.3) is 5.56 Å². The number of pyridine rings is 1. The molecule has 0 amide bonds. The molecule has 2 aromatic heterocycles. The molecule has 4 rings (SSSR count). The van der Waals surface area contributed by atoms with E-state index in [-0.39, 0.29) is 17.9 Å². The molecule has 8 nitrogen and oxygen atoms in total. The molecule has 1 aromatic carbocycles. The molecule has 0 unspecified atom stereocenters. The van der Waals surface area contributed by atoms with Crippen molar-refractivity contribution in [3.63, 3.8) is 0 Å². The molecule has 8 heteroatoms. The lowest BCUT2D eigenvalue weighted by atomic mass is 10.1. The predicted octanol–water partition coefficient (Wildman–Crippen LogP) is 2.23. The molecule has 0 aliphatic carbocycles. The van der Waals surface area contributed by atoms with E-state index in [0.29, 0.717) is 56.5 Å². The Hall–Kier alpha value is -3.52. The highest BCUT2D eigenvalue weighted by Gasteiger charge is 2.20. The third-order valence-corrected chi connectivity index (χ3v) is 5.64. The quantitative estimate of drug-likeness (QED) is 0.609. The molecule has 3 heterocycles. The first kappa shape index (κ1) is 21.7. The van der Waals surface area contributed by atoms with Gasteiger partial charge in [-0.05, 0) is 30.5 Å². The fourth-order valence-corrected chi connectivity index (χ4v) is 3.87. The van der Waals surface area contributed by atoms with Gasteiger partial charge in [-0.3, -0.25) is 14.2 Å². The number of rotatable bonds is 7. The van der Waals surface area contributed by atoms with Crippen molar-refractivity contribution in [3.05, 3.63) is 70.3 Å². The number of nitrogens with zero attached hydrogens (tertiary/aromatic N) is 4. The molecular weight excluding hydrogens is 406 g/mol. The second-order valence-corrected chi connectivity index (χ2v) is 7.84. The summed E-state index contributed by atoms with van der Waals surface area (Å²) < 4.78 is 6.94. The van der Waals surface area contributed by atoms with Gasteiger partial charge >= 0.3 is 0 Å². The van der Waals surface area contributed by atoms with Gasteiger partial charge in [0.05, 0.1) is 31.6 Å². The van der Waals surface area contributed by atoms with E-state index in [1.165, 1.54) is 0 Å². The van der Waals surface area contributed by atoms with Crippen LogP contribution in [0.4, 0.5) is 11.6 Å². The summed E-state index contributed by atoms with van der Waals surface area (Å²) >= 11 is 0. The monoisotopic (exact) mass is 433 g/mol. The number of aromatic nitrogens is 3. The lowest BCUT2D eigenvalue weighted by Crippen LogP contribution is -2.41. The van der Waals surface area contributed by atoms with Gasteiger partial charge in [-0.2, -0.15) is 0 Å². The van der Waals surface area contributed by atoms with Crippen molar-refractivity contribution < 1.29 is 9.53 Å². The van der Waals surface area contributed by atoms with Crippen molar-refractivity contribution in [3.8, 4) is 11.3 Å². The van der Waals surface area contributed by atoms with E-state index >= 15 is 0 Å². The number of hydrogen-bond acceptors (Lipinski definition) is 7. The minimum absolute atomic E-state index is 0.00955. The molecule has 0 spiro atoms. The van der Waals surface area contributed by atoms with Crippen LogP contribution in [0.15, 0.2) is 53.5 Å². The van der Waals surface area contributed by atoms with Crippen molar-refractivity contribution in [1.29, 1.82) is 0 Å². The Bertz CT molecular complexity index is 1150. The number of ketones is 1. The maximum Gasteiger partial charge on any atom is 0.294 e. The number of morpholine rings is 1. The van der Waals surface area contributed by atoms with E-state index in [1.54, 1.807) is 16.8 Å². The number of nitrogens with two attached hydrogens (primary N) is 1. The van der Waals surface area contributed by atoms with Crippen molar-refractivity contribution in [2.45, 2.75) is 26.3 Å². The molecule has 1 fully saturated rings. The Balaban J connectivity index is 1.61. The second-order valence-electron chi connectivity index (χ2n) is 7.84. The van der Waals surface area contributed by atoms with E-state index in [1.807, 2.05) is 48.2 Å². The maximum absolute atomic E-state index is 13.4. The fraction of sp³-hybridized carbons (Fsp3) is 0.333. The van der Waals surface area contributed by atoms with Gasteiger partial charge in [0.15, 0.2) is 11.6 Å². The van der Waals surface area contributed by atoms with Crippen LogP contribution in [0.25, 0.3) is 11.3 Å². The van der Waals surface area contributed by atoms with Gasteiger partial charge < -0.3 is 15.4 Å². The second kappa shape index (κ2) is 9.74. The molecule has 1 saturated heterocycles. The summed E-state index contributed by atoms with van der Waals surface area (Å²) in [6.07, 6.45) is 2.54. The van der Waals surface area contributed by atoms with Crippen LogP contribution >= 0.6 is 0 Å². The molecule has 0 radical (unpaired) electrons. The van der Waals surface area contributed by atoms with Gasteiger partial charge in [0.2, 0.25) is 0 Å². The molecule has 0 atom stereocenters. The van der Waals surface area contributed by atoms with Crippen LogP contribution in [-0.2, 0) is 22.5 Å². The van der Waals surface area contributed by atoms with E-state index in [0.717, 1.165) is 16.8 Å². The Labute approximate surface area is 186 Å². The van der Waals surface area contributed by atoms with Crippen LogP contribution in [0.1, 0.15) is 17.7 Å². The third kappa shape index (κ3) is 4.86. The van der Waals surface area contributed by atoms with Gasteiger partial charge in [0.1, 0.15) is 5.82 Å². The molecule has 32 heavy (non-hydrogen) atoms. The molecule has 166 valence electrons. The predicted molar refractivity (Wildman–Crippen MR) is 124 cm³/mol. The minimum atomic E-state index is -0.257. The van der Waals surface area contributed by atoms with Crippen LogP contribution in [0.5, 0.6) is 0 Å². The van der Waals surface area contributed by atoms with Crippen LogP contribution in [0.2, 0.25) is 0 Å². The standard InChI is InChI=1S/C24H27N5O3/c1-17-18(8-10-22(25)27-17)7-9-20(30)16-29-21(19-5-3-2-4-6-19)15-26-23(24(29)31)28-11-13-32-14-12-28/h2-6,8,10,15H,7,9,11-14,16H2,1H3,(H2,25,27).